The van der Waals surface area contributed by atoms with E-state index < -0.39 is 11.9 Å². The molecule has 3 rings (SSSR count). The van der Waals surface area contributed by atoms with Crippen LogP contribution >= 0.6 is 11.3 Å². The normalized spacial score (nSPS) is 10.3. The quantitative estimate of drug-likeness (QED) is 0.697. The second-order valence-electron chi connectivity index (χ2n) is 4.84. The summed E-state index contributed by atoms with van der Waals surface area (Å²) in [5.41, 5.74) is 1.12. The van der Waals surface area contributed by atoms with Gasteiger partial charge < -0.3 is 14.5 Å². The molecule has 2 aromatic heterocycles. The van der Waals surface area contributed by atoms with Crippen molar-refractivity contribution in [2.75, 3.05) is 6.61 Å². The van der Waals surface area contributed by atoms with Gasteiger partial charge in [-0.1, -0.05) is 30.3 Å². The van der Waals surface area contributed by atoms with E-state index in [1.54, 1.807) is 17.5 Å². The fraction of sp³-hybridized carbons (Fsp3) is 0.118. The molecule has 0 aliphatic carbocycles. The molecule has 0 aliphatic heterocycles. The van der Waals surface area contributed by atoms with Gasteiger partial charge in [-0.3, -0.25) is 4.79 Å². The molecule has 1 aromatic carbocycles. The van der Waals surface area contributed by atoms with E-state index in [2.05, 4.69) is 10.3 Å². The Balaban J connectivity index is 1.50. The Morgan fingerprint density at radius 1 is 1.17 bits per heavy atom. The van der Waals surface area contributed by atoms with E-state index in [9.17, 15) is 9.59 Å². The molecule has 7 heteroatoms. The molecule has 24 heavy (non-hydrogen) atoms. The lowest BCUT2D eigenvalue weighted by atomic mass is 10.2. The van der Waals surface area contributed by atoms with Gasteiger partial charge in [0.1, 0.15) is 10.8 Å². The molecule has 0 spiro atoms. The van der Waals surface area contributed by atoms with Gasteiger partial charge in [0.25, 0.3) is 5.91 Å². The van der Waals surface area contributed by atoms with Gasteiger partial charge in [0, 0.05) is 10.9 Å². The molecule has 0 aliphatic rings. The molecule has 0 radical (unpaired) electrons. The van der Waals surface area contributed by atoms with Gasteiger partial charge in [0.05, 0.1) is 12.8 Å². The average molecular weight is 342 g/mol. The minimum atomic E-state index is -0.624. The summed E-state index contributed by atoms with van der Waals surface area (Å²) in [6.07, 6.45) is 1.52. The maximum absolute atomic E-state index is 12.0. The predicted molar refractivity (Wildman–Crippen MR) is 88.4 cm³/mol. The average Bonchev–Trinajstić information content (AvgIpc) is 3.30. The van der Waals surface area contributed by atoms with Gasteiger partial charge in [0.2, 0.25) is 0 Å². The van der Waals surface area contributed by atoms with Crippen LogP contribution in [0.4, 0.5) is 0 Å². The first-order valence-electron chi connectivity index (χ1n) is 7.19. The Labute approximate surface area is 142 Å². The third-order valence-electron chi connectivity index (χ3n) is 3.11. The van der Waals surface area contributed by atoms with Crippen molar-refractivity contribution in [1.82, 2.24) is 10.3 Å². The molecule has 0 unspecified atom stereocenters. The van der Waals surface area contributed by atoms with Crippen molar-refractivity contribution in [3.8, 4) is 10.6 Å². The first-order chi connectivity index (χ1) is 11.7. The molecule has 0 saturated carbocycles. The molecule has 0 saturated heterocycles. The maximum Gasteiger partial charge on any atom is 0.358 e. The summed E-state index contributed by atoms with van der Waals surface area (Å²) in [5, 5.41) is 4.94. The number of nitrogens with zero attached hydrogens (tertiary/aromatic N) is 1. The SMILES string of the molecule is O=C(COC(=O)c1csc(-c2ccccc2)n1)NCc1ccco1. The zero-order valence-electron chi connectivity index (χ0n) is 12.6. The summed E-state index contributed by atoms with van der Waals surface area (Å²) in [4.78, 5) is 27.8. The van der Waals surface area contributed by atoms with E-state index in [-0.39, 0.29) is 18.8 Å². The molecule has 1 N–H and O–H groups in total. The lowest BCUT2D eigenvalue weighted by molar-refractivity contribution is -0.124. The number of aromatic nitrogens is 1. The van der Waals surface area contributed by atoms with E-state index >= 15 is 0 Å². The van der Waals surface area contributed by atoms with Crippen molar-refractivity contribution < 1.29 is 18.7 Å². The number of hydrogen-bond donors (Lipinski definition) is 1. The van der Waals surface area contributed by atoms with Gasteiger partial charge in [-0.25, -0.2) is 9.78 Å². The molecule has 0 bridgehead atoms. The van der Waals surface area contributed by atoms with Crippen LogP contribution in [-0.4, -0.2) is 23.5 Å². The second kappa shape index (κ2) is 7.56. The number of amides is 1. The van der Waals surface area contributed by atoms with Crippen molar-refractivity contribution in [2.45, 2.75) is 6.54 Å². The van der Waals surface area contributed by atoms with Crippen LogP contribution in [-0.2, 0) is 16.1 Å². The molecule has 0 fully saturated rings. The smallest absolute Gasteiger partial charge is 0.358 e. The van der Waals surface area contributed by atoms with Crippen molar-refractivity contribution >= 4 is 23.2 Å². The zero-order chi connectivity index (χ0) is 16.8. The van der Waals surface area contributed by atoms with E-state index in [1.165, 1.54) is 17.6 Å². The minimum Gasteiger partial charge on any atom is -0.467 e. The van der Waals surface area contributed by atoms with Gasteiger partial charge in [0.15, 0.2) is 12.3 Å². The number of rotatable bonds is 6. The van der Waals surface area contributed by atoms with Crippen LogP contribution in [0.5, 0.6) is 0 Å². The van der Waals surface area contributed by atoms with Crippen LogP contribution in [0.2, 0.25) is 0 Å². The van der Waals surface area contributed by atoms with Gasteiger partial charge in [-0.15, -0.1) is 11.3 Å². The Kier molecular flexibility index (Phi) is 5.02. The summed E-state index contributed by atoms with van der Waals surface area (Å²) in [6, 6.07) is 13.0. The molecule has 3 aromatic rings. The molecular formula is C17H14N2O4S. The van der Waals surface area contributed by atoms with E-state index in [0.717, 1.165) is 10.6 Å². The maximum atomic E-state index is 12.0. The Morgan fingerprint density at radius 3 is 2.75 bits per heavy atom. The number of nitrogens with one attached hydrogen (secondary N) is 1. The Hall–Kier alpha value is -2.93. The fourth-order valence-corrected chi connectivity index (χ4v) is 2.73. The fourth-order valence-electron chi connectivity index (χ4n) is 1.94. The number of furan rings is 1. The highest BCUT2D eigenvalue weighted by Gasteiger charge is 2.14. The first kappa shape index (κ1) is 15.9. The van der Waals surface area contributed by atoms with Crippen LogP contribution in [0.25, 0.3) is 10.6 Å². The van der Waals surface area contributed by atoms with Crippen molar-refractivity contribution in [3.63, 3.8) is 0 Å². The third kappa shape index (κ3) is 4.08. The Morgan fingerprint density at radius 2 is 2.00 bits per heavy atom. The number of carbonyl (C=O) groups excluding carboxylic acids is 2. The summed E-state index contributed by atoms with van der Waals surface area (Å²) < 4.78 is 10.1. The molecule has 1 amide bonds. The van der Waals surface area contributed by atoms with Crippen LogP contribution in [0, 0.1) is 0 Å². The van der Waals surface area contributed by atoms with E-state index in [0.29, 0.717) is 5.76 Å². The molecule has 0 atom stereocenters. The third-order valence-corrected chi connectivity index (χ3v) is 4.00. The number of carbonyl (C=O) groups is 2. The number of esters is 1. The predicted octanol–water partition coefficient (Wildman–Crippen LogP) is 2.88. The van der Waals surface area contributed by atoms with E-state index in [1.807, 2.05) is 30.3 Å². The molecule has 6 nitrogen and oxygen atoms in total. The summed E-state index contributed by atoms with van der Waals surface area (Å²) in [5.74, 6) is -0.401. The number of hydrogen-bond acceptors (Lipinski definition) is 6. The van der Waals surface area contributed by atoms with Crippen molar-refractivity contribution in [3.05, 3.63) is 65.6 Å². The molecular weight excluding hydrogens is 328 g/mol. The second-order valence-corrected chi connectivity index (χ2v) is 5.69. The topological polar surface area (TPSA) is 81.4 Å². The van der Waals surface area contributed by atoms with Gasteiger partial charge in [-0.2, -0.15) is 0 Å². The lowest BCUT2D eigenvalue weighted by Gasteiger charge is -2.04. The van der Waals surface area contributed by atoms with Crippen molar-refractivity contribution in [2.24, 2.45) is 0 Å². The minimum absolute atomic E-state index is 0.192. The van der Waals surface area contributed by atoms with Crippen LogP contribution in [0.15, 0.2) is 58.5 Å². The largest absolute Gasteiger partial charge is 0.467 e. The highest BCUT2D eigenvalue weighted by atomic mass is 32.1. The van der Waals surface area contributed by atoms with Gasteiger partial charge in [-0.05, 0) is 12.1 Å². The number of benzene rings is 1. The van der Waals surface area contributed by atoms with E-state index in [4.69, 9.17) is 9.15 Å². The highest BCUT2D eigenvalue weighted by Crippen LogP contribution is 2.23. The van der Waals surface area contributed by atoms with Crippen LogP contribution in [0.3, 0.4) is 0 Å². The first-order valence-corrected chi connectivity index (χ1v) is 8.07. The summed E-state index contributed by atoms with van der Waals surface area (Å²) >= 11 is 1.35. The summed E-state index contributed by atoms with van der Waals surface area (Å²) in [6.45, 7) is -0.115. The van der Waals surface area contributed by atoms with Crippen LogP contribution in [0.1, 0.15) is 16.2 Å². The van der Waals surface area contributed by atoms with Crippen molar-refractivity contribution in [1.29, 1.82) is 0 Å². The molecule has 2 heterocycles. The monoisotopic (exact) mass is 342 g/mol. The number of ether oxygens (including phenoxy) is 1. The standard InChI is InChI=1S/C17H14N2O4S/c20-15(18-9-13-7-4-8-22-13)10-23-17(21)14-11-24-16(19-14)12-5-2-1-3-6-12/h1-8,11H,9-10H2,(H,18,20). The lowest BCUT2D eigenvalue weighted by Crippen LogP contribution is -2.28. The number of thiazole rings is 1. The zero-order valence-corrected chi connectivity index (χ0v) is 13.4. The summed E-state index contributed by atoms with van der Waals surface area (Å²) in [7, 11) is 0. The Bertz CT molecular complexity index is 812. The van der Waals surface area contributed by atoms with Gasteiger partial charge >= 0.3 is 5.97 Å². The van der Waals surface area contributed by atoms with Crippen LogP contribution < -0.4 is 5.32 Å². The molecule has 122 valence electrons. The highest BCUT2D eigenvalue weighted by molar-refractivity contribution is 7.13.